The normalized spacial score (nSPS) is 22.1. The van der Waals surface area contributed by atoms with Gasteiger partial charge in [-0.25, -0.2) is 4.98 Å². The molecule has 1 fully saturated rings. The predicted molar refractivity (Wildman–Crippen MR) is 99.8 cm³/mol. The van der Waals surface area contributed by atoms with Crippen molar-refractivity contribution >= 4 is 17.7 Å². The van der Waals surface area contributed by atoms with Gasteiger partial charge >= 0.3 is 0 Å². The van der Waals surface area contributed by atoms with Crippen LogP contribution in [-0.2, 0) is 14.3 Å². The fraction of sp³-hybridized carbons (Fsp3) is 0.579. The number of pyridine rings is 1. The van der Waals surface area contributed by atoms with E-state index in [1.165, 1.54) is 0 Å². The maximum atomic E-state index is 12.5. The highest BCUT2D eigenvalue weighted by atomic mass is 16.5. The maximum Gasteiger partial charge on any atom is 0.270 e. The fourth-order valence-corrected chi connectivity index (χ4v) is 3.22. The molecule has 3 amide bonds. The number of aryl methyl sites for hydroxylation is 1. The SMILES string of the molecule is CCCO[C@@H]1C[C@@H](C(=O)NCC(N)=O)CC[C@H]1NC(=O)c1cccc(C)n1. The van der Waals surface area contributed by atoms with E-state index in [1.807, 2.05) is 19.9 Å². The molecular weight excluding hydrogens is 348 g/mol. The van der Waals surface area contributed by atoms with Crippen LogP contribution in [0.15, 0.2) is 18.2 Å². The van der Waals surface area contributed by atoms with Crippen LogP contribution in [0.2, 0.25) is 0 Å². The van der Waals surface area contributed by atoms with E-state index >= 15 is 0 Å². The number of aromatic nitrogens is 1. The Morgan fingerprint density at radius 1 is 1.30 bits per heavy atom. The number of hydrogen-bond donors (Lipinski definition) is 3. The first-order valence-corrected chi connectivity index (χ1v) is 9.32. The molecular formula is C19H28N4O4. The zero-order chi connectivity index (χ0) is 19.8. The number of nitrogens with two attached hydrogens (primary N) is 1. The number of hydrogen-bond acceptors (Lipinski definition) is 5. The van der Waals surface area contributed by atoms with Crippen LogP contribution in [0.1, 0.15) is 48.8 Å². The number of ether oxygens (including phenoxy) is 1. The average Bonchev–Trinajstić information content (AvgIpc) is 2.65. The van der Waals surface area contributed by atoms with E-state index in [2.05, 4.69) is 15.6 Å². The number of primary amides is 1. The molecule has 1 saturated carbocycles. The van der Waals surface area contributed by atoms with Crippen LogP contribution in [0.25, 0.3) is 0 Å². The molecule has 0 radical (unpaired) electrons. The minimum atomic E-state index is -0.575. The van der Waals surface area contributed by atoms with Crippen molar-refractivity contribution in [2.45, 2.75) is 51.7 Å². The lowest BCUT2D eigenvalue weighted by atomic mass is 9.83. The van der Waals surface area contributed by atoms with Gasteiger partial charge in [-0.05, 0) is 44.7 Å². The molecule has 2 rings (SSSR count). The molecule has 0 unspecified atom stereocenters. The second-order valence-electron chi connectivity index (χ2n) is 6.85. The van der Waals surface area contributed by atoms with Gasteiger partial charge < -0.3 is 21.1 Å². The van der Waals surface area contributed by atoms with Gasteiger partial charge in [0.1, 0.15) is 5.69 Å². The summed E-state index contributed by atoms with van der Waals surface area (Å²) in [7, 11) is 0. The standard InChI is InChI=1S/C19H28N4O4/c1-3-9-27-16-10-13(18(25)21-11-17(20)24)7-8-14(16)23-19(26)15-6-4-5-12(2)22-15/h4-6,13-14,16H,3,7-11H2,1-2H3,(H2,20,24)(H,21,25)(H,23,26)/t13-,14+,16+/m0/s1. The van der Waals surface area contributed by atoms with Crippen LogP contribution in [-0.4, -0.2) is 48.0 Å². The quantitative estimate of drug-likeness (QED) is 0.616. The Hall–Kier alpha value is -2.48. The van der Waals surface area contributed by atoms with Gasteiger partial charge in [0, 0.05) is 18.2 Å². The Labute approximate surface area is 159 Å². The van der Waals surface area contributed by atoms with E-state index in [0.717, 1.165) is 12.1 Å². The second-order valence-corrected chi connectivity index (χ2v) is 6.85. The number of nitrogens with one attached hydrogen (secondary N) is 2. The monoisotopic (exact) mass is 376 g/mol. The van der Waals surface area contributed by atoms with E-state index < -0.39 is 5.91 Å². The number of carbonyl (C=O) groups excluding carboxylic acids is 3. The molecule has 0 aromatic carbocycles. The van der Waals surface area contributed by atoms with Gasteiger partial charge in [-0.3, -0.25) is 14.4 Å². The van der Waals surface area contributed by atoms with Crippen LogP contribution in [0.3, 0.4) is 0 Å². The maximum absolute atomic E-state index is 12.5. The Bertz CT molecular complexity index is 679. The molecule has 4 N–H and O–H groups in total. The molecule has 0 spiro atoms. The molecule has 8 heteroatoms. The van der Waals surface area contributed by atoms with Crippen LogP contribution in [0, 0.1) is 12.8 Å². The number of rotatable bonds is 8. The zero-order valence-corrected chi connectivity index (χ0v) is 15.9. The minimum absolute atomic E-state index is 0.172. The lowest BCUT2D eigenvalue weighted by Gasteiger charge is -2.35. The average molecular weight is 376 g/mol. The topological polar surface area (TPSA) is 123 Å². The first-order valence-electron chi connectivity index (χ1n) is 9.32. The summed E-state index contributed by atoms with van der Waals surface area (Å²) >= 11 is 0. The molecule has 1 heterocycles. The van der Waals surface area contributed by atoms with Crippen molar-refractivity contribution in [3.63, 3.8) is 0 Å². The first-order chi connectivity index (χ1) is 12.9. The van der Waals surface area contributed by atoms with Crippen LogP contribution < -0.4 is 16.4 Å². The third-order valence-electron chi connectivity index (χ3n) is 4.57. The third kappa shape index (κ3) is 6.32. The molecule has 148 valence electrons. The van der Waals surface area contributed by atoms with Crippen molar-refractivity contribution in [3.8, 4) is 0 Å². The van der Waals surface area contributed by atoms with Gasteiger partial charge in [-0.2, -0.15) is 0 Å². The lowest BCUT2D eigenvalue weighted by molar-refractivity contribution is -0.130. The van der Waals surface area contributed by atoms with Crippen LogP contribution in [0.5, 0.6) is 0 Å². The number of carbonyl (C=O) groups is 3. The van der Waals surface area contributed by atoms with E-state index in [0.29, 0.717) is 31.6 Å². The number of nitrogens with zero attached hydrogens (tertiary/aromatic N) is 1. The summed E-state index contributed by atoms with van der Waals surface area (Å²) < 4.78 is 5.90. The fourth-order valence-electron chi connectivity index (χ4n) is 3.22. The van der Waals surface area contributed by atoms with Crippen LogP contribution >= 0.6 is 0 Å². The molecule has 1 aliphatic rings. The van der Waals surface area contributed by atoms with E-state index in [-0.39, 0.29) is 36.4 Å². The van der Waals surface area contributed by atoms with Crippen molar-refractivity contribution in [1.29, 1.82) is 0 Å². The van der Waals surface area contributed by atoms with Crippen molar-refractivity contribution in [2.75, 3.05) is 13.2 Å². The summed E-state index contributed by atoms with van der Waals surface area (Å²) in [6, 6.07) is 5.11. The second kappa shape index (κ2) is 10.0. The zero-order valence-electron chi connectivity index (χ0n) is 15.9. The molecule has 8 nitrogen and oxygen atoms in total. The van der Waals surface area contributed by atoms with Crippen molar-refractivity contribution in [3.05, 3.63) is 29.6 Å². The molecule has 0 saturated heterocycles. The Kier molecular flexibility index (Phi) is 7.72. The molecule has 1 aliphatic carbocycles. The summed E-state index contributed by atoms with van der Waals surface area (Å²) in [6.45, 7) is 4.22. The molecule has 3 atom stereocenters. The Balaban J connectivity index is 2.00. The van der Waals surface area contributed by atoms with E-state index in [9.17, 15) is 14.4 Å². The van der Waals surface area contributed by atoms with Gasteiger partial charge in [0.2, 0.25) is 11.8 Å². The summed E-state index contributed by atoms with van der Waals surface area (Å²) in [6.07, 6.45) is 2.27. The predicted octanol–water partition coefficient (Wildman–Crippen LogP) is 0.685. The summed E-state index contributed by atoms with van der Waals surface area (Å²) in [5.41, 5.74) is 6.21. The highest BCUT2D eigenvalue weighted by molar-refractivity contribution is 5.92. The lowest BCUT2D eigenvalue weighted by Crippen LogP contribution is -2.50. The van der Waals surface area contributed by atoms with Crippen molar-refractivity contribution in [2.24, 2.45) is 11.7 Å². The van der Waals surface area contributed by atoms with Gasteiger partial charge in [0.25, 0.3) is 5.91 Å². The molecule has 27 heavy (non-hydrogen) atoms. The summed E-state index contributed by atoms with van der Waals surface area (Å²) in [5.74, 6) is -1.29. The third-order valence-corrected chi connectivity index (χ3v) is 4.57. The molecule has 0 bridgehead atoms. The smallest absolute Gasteiger partial charge is 0.270 e. The highest BCUT2D eigenvalue weighted by Crippen LogP contribution is 2.27. The van der Waals surface area contributed by atoms with Gasteiger partial charge in [-0.1, -0.05) is 13.0 Å². The summed E-state index contributed by atoms with van der Waals surface area (Å²) in [5, 5.41) is 5.55. The molecule has 0 aliphatic heterocycles. The van der Waals surface area contributed by atoms with E-state index in [4.69, 9.17) is 10.5 Å². The first kappa shape index (κ1) is 20.8. The van der Waals surface area contributed by atoms with Crippen molar-refractivity contribution < 1.29 is 19.1 Å². The largest absolute Gasteiger partial charge is 0.376 e. The summed E-state index contributed by atoms with van der Waals surface area (Å²) in [4.78, 5) is 39.9. The van der Waals surface area contributed by atoms with Gasteiger partial charge in [-0.15, -0.1) is 0 Å². The van der Waals surface area contributed by atoms with Gasteiger partial charge in [0.05, 0.1) is 18.7 Å². The van der Waals surface area contributed by atoms with E-state index in [1.54, 1.807) is 12.1 Å². The van der Waals surface area contributed by atoms with Crippen LogP contribution in [0.4, 0.5) is 0 Å². The molecule has 1 aromatic rings. The minimum Gasteiger partial charge on any atom is -0.376 e. The van der Waals surface area contributed by atoms with Crippen molar-refractivity contribution in [1.82, 2.24) is 15.6 Å². The van der Waals surface area contributed by atoms with Gasteiger partial charge in [0.15, 0.2) is 0 Å². The highest BCUT2D eigenvalue weighted by Gasteiger charge is 2.35. The number of amides is 3. The Morgan fingerprint density at radius 2 is 2.07 bits per heavy atom. The molecule has 1 aromatic heterocycles. The Morgan fingerprint density at radius 3 is 2.74 bits per heavy atom.